The third kappa shape index (κ3) is 3.78. The smallest absolute Gasteiger partial charge is 0.244 e. The van der Waals surface area contributed by atoms with E-state index < -0.39 is 27.8 Å². The van der Waals surface area contributed by atoms with Crippen LogP contribution < -0.4 is 5.32 Å². The average Bonchev–Trinajstić information content (AvgIpc) is 3.50. The Labute approximate surface area is 187 Å². The number of carbonyl (C=O) groups is 1. The average molecular weight is 472 g/mol. The van der Waals surface area contributed by atoms with E-state index in [2.05, 4.69) is 15.4 Å². The Morgan fingerprint density at radius 2 is 1.88 bits per heavy atom. The highest BCUT2D eigenvalue weighted by molar-refractivity contribution is 7.89. The largest absolute Gasteiger partial charge is 0.299 e. The first-order valence-corrected chi connectivity index (χ1v) is 12.2. The maximum absolute atomic E-state index is 13.2. The molecule has 1 atom stereocenters. The predicted molar refractivity (Wildman–Crippen MR) is 118 cm³/mol. The summed E-state index contributed by atoms with van der Waals surface area (Å²) in [6.07, 6.45) is 2.73. The summed E-state index contributed by atoms with van der Waals surface area (Å²) in [5.74, 6) is -0.975. The zero-order valence-corrected chi connectivity index (χ0v) is 18.3. The molecule has 0 bridgehead atoms. The van der Waals surface area contributed by atoms with Crippen molar-refractivity contribution in [2.45, 2.75) is 23.8 Å². The third-order valence-corrected chi connectivity index (χ3v) is 8.03. The van der Waals surface area contributed by atoms with Gasteiger partial charge >= 0.3 is 0 Å². The normalized spacial score (nSPS) is 17.1. The minimum Gasteiger partial charge on any atom is -0.299 e. The summed E-state index contributed by atoms with van der Waals surface area (Å²) in [4.78, 5) is 18.0. The molecule has 32 heavy (non-hydrogen) atoms. The van der Waals surface area contributed by atoms with Gasteiger partial charge < -0.3 is 0 Å². The molecule has 1 aliphatic rings. The second-order valence-electron chi connectivity index (χ2n) is 7.34. The van der Waals surface area contributed by atoms with Crippen molar-refractivity contribution in [3.63, 3.8) is 0 Å². The minimum atomic E-state index is -3.92. The van der Waals surface area contributed by atoms with Gasteiger partial charge in [-0.15, -0.1) is 5.10 Å². The number of sulfonamides is 1. The third-order valence-electron chi connectivity index (χ3n) is 5.27. The van der Waals surface area contributed by atoms with Crippen molar-refractivity contribution >= 4 is 37.4 Å². The van der Waals surface area contributed by atoms with Crippen molar-refractivity contribution in [2.24, 2.45) is 0 Å². The summed E-state index contributed by atoms with van der Waals surface area (Å²) in [5.41, 5.74) is 1.73. The van der Waals surface area contributed by atoms with Crippen molar-refractivity contribution in [3.05, 3.63) is 66.6 Å². The van der Waals surface area contributed by atoms with E-state index in [0.717, 1.165) is 23.4 Å². The van der Waals surface area contributed by atoms with E-state index in [4.69, 9.17) is 0 Å². The van der Waals surface area contributed by atoms with Gasteiger partial charge in [0, 0.05) is 12.1 Å². The zero-order chi connectivity index (χ0) is 22.3. The molecule has 0 spiro atoms. The molecule has 1 aliphatic heterocycles. The van der Waals surface area contributed by atoms with Gasteiger partial charge in [-0.2, -0.15) is 4.31 Å². The van der Waals surface area contributed by atoms with Gasteiger partial charge in [0.15, 0.2) is 0 Å². The minimum absolute atomic E-state index is 0.0419. The summed E-state index contributed by atoms with van der Waals surface area (Å²) >= 11 is 1.21. The van der Waals surface area contributed by atoms with Crippen LogP contribution in [0.3, 0.4) is 0 Å². The van der Waals surface area contributed by atoms with Gasteiger partial charge in [0.05, 0.1) is 16.8 Å². The number of aromatic nitrogens is 3. The molecule has 8 nitrogen and oxygen atoms in total. The lowest BCUT2D eigenvalue weighted by atomic mass is 10.2. The molecule has 1 fully saturated rings. The summed E-state index contributed by atoms with van der Waals surface area (Å²) in [6.45, 7) is 0.222. The molecular weight excluding hydrogens is 453 g/mol. The molecule has 1 saturated heterocycles. The summed E-state index contributed by atoms with van der Waals surface area (Å²) in [5, 5.41) is 7.42. The summed E-state index contributed by atoms with van der Waals surface area (Å²) in [6, 6.07) is 13.4. The van der Waals surface area contributed by atoms with Crippen LogP contribution in [0.1, 0.15) is 12.8 Å². The maximum atomic E-state index is 13.2. The molecule has 1 amide bonds. The number of anilines is 1. The van der Waals surface area contributed by atoms with Gasteiger partial charge in [0.25, 0.3) is 0 Å². The monoisotopic (exact) mass is 471 g/mol. The van der Waals surface area contributed by atoms with Crippen molar-refractivity contribution in [1.29, 1.82) is 0 Å². The van der Waals surface area contributed by atoms with Gasteiger partial charge in [-0.05, 0) is 37.1 Å². The first kappa shape index (κ1) is 20.7. The number of benzene rings is 2. The zero-order valence-electron chi connectivity index (χ0n) is 16.7. The number of hydrogen-bond donors (Lipinski definition) is 1. The van der Waals surface area contributed by atoms with Crippen LogP contribution in [0.4, 0.5) is 9.52 Å². The lowest BCUT2D eigenvalue weighted by molar-refractivity contribution is -0.119. The fourth-order valence-corrected chi connectivity index (χ4v) is 6.16. The van der Waals surface area contributed by atoms with E-state index in [1.54, 1.807) is 10.7 Å². The number of rotatable bonds is 5. The van der Waals surface area contributed by atoms with Gasteiger partial charge in [-0.25, -0.2) is 22.3 Å². The standard InChI is InChI=1S/C21H18FN5O3S2/c22-15-8-10-16(11-9-15)32(29,30)27-12-4-7-18(27)19(28)24-20-25-26-13-17(23-21(26)31-20)14-5-2-1-3-6-14/h1-3,5-6,8-11,13,18H,4,7,12H2,(H,24,25,28). The predicted octanol–water partition coefficient (Wildman–Crippen LogP) is 3.39. The van der Waals surface area contributed by atoms with Gasteiger partial charge in [0.1, 0.15) is 11.9 Å². The topological polar surface area (TPSA) is 96.7 Å². The fourth-order valence-electron chi connectivity index (χ4n) is 3.72. The number of carbonyl (C=O) groups excluding carboxylic acids is 1. The van der Waals surface area contributed by atoms with Crippen molar-refractivity contribution < 1.29 is 17.6 Å². The Hall–Kier alpha value is -3.15. The first-order valence-electron chi connectivity index (χ1n) is 9.92. The van der Waals surface area contributed by atoms with Crippen molar-refractivity contribution in [3.8, 4) is 11.3 Å². The van der Waals surface area contributed by atoms with Crippen molar-refractivity contribution in [1.82, 2.24) is 18.9 Å². The Morgan fingerprint density at radius 1 is 1.12 bits per heavy atom. The highest BCUT2D eigenvalue weighted by Gasteiger charge is 2.39. The highest BCUT2D eigenvalue weighted by Crippen LogP contribution is 2.29. The Morgan fingerprint density at radius 3 is 2.59 bits per heavy atom. The molecule has 0 saturated carbocycles. The second kappa shape index (κ2) is 8.08. The maximum Gasteiger partial charge on any atom is 0.244 e. The number of nitrogens with one attached hydrogen (secondary N) is 1. The Kier molecular flexibility index (Phi) is 5.24. The second-order valence-corrected chi connectivity index (χ2v) is 10.2. The van der Waals surface area contributed by atoms with Gasteiger partial charge in [-0.3, -0.25) is 10.1 Å². The summed E-state index contributed by atoms with van der Waals surface area (Å²) in [7, 11) is -3.92. The Balaban J connectivity index is 1.34. The van der Waals surface area contributed by atoms with Crippen LogP contribution >= 0.6 is 11.3 Å². The molecule has 164 valence electrons. The molecule has 0 aliphatic carbocycles. The van der Waals surface area contributed by atoms with Crippen LogP contribution in [0.25, 0.3) is 16.2 Å². The van der Waals surface area contributed by atoms with E-state index in [-0.39, 0.29) is 11.4 Å². The van der Waals surface area contributed by atoms with Crippen molar-refractivity contribution in [2.75, 3.05) is 11.9 Å². The molecule has 2 aromatic heterocycles. The van der Waals surface area contributed by atoms with Crippen LogP contribution in [0.2, 0.25) is 0 Å². The number of imidazole rings is 1. The van der Waals surface area contributed by atoms with Crippen LogP contribution in [0.5, 0.6) is 0 Å². The van der Waals surface area contributed by atoms with Crippen LogP contribution in [0, 0.1) is 5.82 Å². The molecule has 4 aromatic rings. The molecular formula is C21H18FN5O3S2. The van der Waals surface area contributed by atoms with Gasteiger partial charge in [-0.1, -0.05) is 41.7 Å². The lowest BCUT2D eigenvalue weighted by Gasteiger charge is -2.22. The Bertz CT molecular complexity index is 1350. The molecule has 3 heterocycles. The van der Waals surface area contributed by atoms with Crippen LogP contribution in [-0.4, -0.2) is 45.8 Å². The van der Waals surface area contributed by atoms with E-state index in [9.17, 15) is 17.6 Å². The van der Waals surface area contributed by atoms with Crippen LogP contribution in [-0.2, 0) is 14.8 Å². The number of halogens is 1. The highest BCUT2D eigenvalue weighted by atomic mass is 32.2. The fraction of sp³-hybridized carbons (Fsp3) is 0.190. The molecule has 1 unspecified atom stereocenters. The molecule has 11 heteroatoms. The van der Waals surface area contributed by atoms with E-state index >= 15 is 0 Å². The molecule has 5 rings (SSSR count). The number of hydrogen-bond acceptors (Lipinski definition) is 6. The van der Waals surface area contributed by atoms with E-state index in [1.165, 1.54) is 27.8 Å². The quantitative estimate of drug-likeness (QED) is 0.481. The number of nitrogens with zero attached hydrogens (tertiary/aromatic N) is 4. The molecule has 2 aromatic carbocycles. The number of fused-ring (bicyclic) bond motifs is 1. The lowest BCUT2D eigenvalue weighted by Crippen LogP contribution is -2.43. The van der Waals surface area contributed by atoms with E-state index in [0.29, 0.717) is 22.9 Å². The summed E-state index contributed by atoms with van der Waals surface area (Å²) < 4.78 is 41.9. The van der Waals surface area contributed by atoms with Crippen LogP contribution in [0.15, 0.2) is 65.7 Å². The number of amides is 1. The van der Waals surface area contributed by atoms with Gasteiger partial charge in [0.2, 0.25) is 26.0 Å². The van der Waals surface area contributed by atoms with E-state index in [1.807, 2.05) is 30.3 Å². The molecule has 1 N–H and O–H groups in total. The molecule has 0 radical (unpaired) electrons. The first-order chi connectivity index (χ1) is 15.4. The SMILES string of the molecule is O=C(Nc1nn2cc(-c3ccccc3)nc2s1)C1CCCN1S(=O)(=O)c1ccc(F)cc1.